The number of carbonyl (C=O) groups is 2. The fourth-order valence-electron chi connectivity index (χ4n) is 4.13. The molecule has 2 atom stereocenters. The van der Waals surface area contributed by atoms with Gasteiger partial charge in [-0.05, 0) is 56.7 Å². The van der Waals surface area contributed by atoms with Crippen LogP contribution in [0.4, 0.5) is 0 Å². The Morgan fingerprint density at radius 1 is 1.24 bits per heavy atom. The van der Waals surface area contributed by atoms with Gasteiger partial charge in [0.15, 0.2) is 0 Å². The van der Waals surface area contributed by atoms with Crippen molar-refractivity contribution in [3.8, 4) is 10.4 Å². The Hall–Kier alpha value is -2.25. The number of rotatable bonds is 7. The molecule has 1 saturated carbocycles. The maximum atomic E-state index is 12.9. The van der Waals surface area contributed by atoms with Gasteiger partial charge in [-0.25, -0.2) is 4.98 Å². The van der Waals surface area contributed by atoms with Gasteiger partial charge in [0, 0.05) is 13.1 Å². The Morgan fingerprint density at radius 2 is 2.00 bits per heavy atom. The maximum Gasteiger partial charge on any atom is 0.243 e. The molecule has 1 aromatic heterocycles. The zero-order valence-corrected chi connectivity index (χ0v) is 17.8. The van der Waals surface area contributed by atoms with Gasteiger partial charge < -0.3 is 15.5 Å². The van der Waals surface area contributed by atoms with Crippen LogP contribution in [0, 0.1) is 12.8 Å². The van der Waals surface area contributed by atoms with Gasteiger partial charge in [0.2, 0.25) is 11.8 Å². The highest BCUT2D eigenvalue weighted by atomic mass is 32.1. The molecule has 1 aliphatic heterocycles. The predicted molar refractivity (Wildman–Crippen MR) is 114 cm³/mol. The van der Waals surface area contributed by atoms with E-state index in [-0.39, 0.29) is 23.9 Å². The summed E-state index contributed by atoms with van der Waals surface area (Å²) in [4.78, 5) is 33.0. The lowest BCUT2D eigenvalue weighted by Crippen LogP contribution is -2.52. The molecule has 1 aromatic carbocycles. The number of hydrogen-bond donors (Lipinski definition) is 2. The topological polar surface area (TPSA) is 74.3 Å². The summed E-state index contributed by atoms with van der Waals surface area (Å²) < 4.78 is 0. The van der Waals surface area contributed by atoms with Crippen molar-refractivity contribution in [2.75, 3.05) is 13.6 Å². The van der Waals surface area contributed by atoms with E-state index in [9.17, 15) is 9.59 Å². The predicted octanol–water partition coefficient (Wildman–Crippen LogP) is 2.72. The van der Waals surface area contributed by atoms with E-state index >= 15 is 0 Å². The molecule has 2 fully saturated rings. The Kier molecular flexibility index (Phi) is 5.96. The third-order valence-corrected chi connectivity index (χ3v) is 6.92. The fourth-order valence-corrected chi connectivity index (χ4v) is 4.94. The molecule has 2 aliphatic rings. The smallest absolute Gasteiger partial charge is 0.243 e. The van der Waals surface area contributed by atoms with Gasteiger partial charge in [0.25, 0.3) is 0 Å². The minimum atomic E-state index is -0.351. The lowest BCUT2D eigenvalue weighted by atomic mass is 10.1. The van der Waals surface area contributed by atoms with Crippen molar-refractivity contribution in [3.63, 3.8) is 0 Å². The second kappa shape index (κ2) is 8.63. The quantitative estimate of drug-likeness (QED) is 0.733. The van der Waals surface area contributed by atoms with Crippen LogP contribution in [0.25, 0.3) is 10.4 Å². The van der Waals surface area contributed by atoms with Crippen LogP contribution in [0.5, 0.6) is 0 Å². The number of aromatic nitrogens is 1. The number of nitrogens with one attached hydrogen (secondary N) is 2. The molecule has 0 bridgehead atoms. The van der Waals surface area contributed by atoms with E-state index in [0.717, 1.165) is 42.5 Å². The van der Waals surface area contributed by atoms with E-state index in [4.69, 9.17) is 0 Å². The minimum Gasteiger partial charge on any atom is -0.350 e. The Bertz CT molecular complexity index is 875. The standard InChI is InChI=1S/C22H28N4O2S/c1-14-20(29-13-25-14)17-7-5-15(6-8-17)12-24-21(27)18-4-3-11-26(18)22(28)19(23-2)16-9-10-16/h5-8,13,16,18-19,23H,3-4,9-12H2,1-2H3,(H,24,27). The highest BCUT2D eigenvalue weighted by Crippen LogP contribution is 2.34. The monoisotopic (exact) mass is 412 g/mol. The fraction of sp³-hybridized carbons (Fsp3) is 0.500. The van der Waals surface area contributed by atoms with Gasteiger partial charge in [0.1, 0.15) is 6.04 Å². The van der Waals surface area contributed by atoms with Crippen LogP contribution in [0.2, 0.25) is 0 Å². The van der Waals surface area contributed by atoms with Crippen molar-refractivity contribution < 1.29 is 9.59 Å². The van der Waals surface area contributed by atoms with E-state index < -0.39 is 0 Å². The molecule has 2 heterocycles. The number of carbonyl (C=O) groups excluding carboxylic acids is 2. The van der Waals surface area contributed by atoms with Gasteiger partial charge in [0.05, 0.1) is 22.1 Å². The normalized spacial score (nSPS) is 19.9. The van der Waals surface area contributed by atoms with Crippen LogP contribution in [0.3, 0.4) is 0 Å². The summed E-state index contributed by atoms with van der Waals surface area (Å²) >= 11 is 1.63. The minimum absolute atomic E-state index is 0.0520. The molecule has 29 heavy (non-hydrogen) atoms. The average molecular weight is 413 g/mol. The van der Waals surface area contributed by atoms with Crippen LogP contribution in [-0.4, -0.2) is 47.4 Å². The van der Waals surface area contributed by atoms with Crippen LogP contribution in [0.15, 0.2) is 29.8 Å². The molecular weight excluding hydrogens is 384 g/mol. The van der Waals surface area contributed by atoms with E-state index in [1.54, 1.807) is 16.2 Å². The molecule has 0 spiro atoms. The molecule has 1 aliphatic carbocycles. The first-order valence-corrected chi connectivity index (χ1v) is 11.2. The lowest BCUT2D eigenvalue weighted by molar-refractivity contribution is -0.140. The molecule has 0 radical (unpaired) electrons. The second-order valence-electron chi connectivity index (χ2n) is 7.98. The van der Waals surface area contributed by atoms with Crippen molar-refractivity contribution in [2.24, 2.45) is 5.92 Å². The SMILES string of the molecule is CNC(C(=O)N1CCCC1C(=O)NCc1ccc(-c2scnc2C)cc1)C1CC1. The molecule has 2 aromatic rings. The Morgan fingerprint density at radius 3 is 2.62 bits per heavy atom. The zero-order chi connectivity index (χ0) is 20.4. The molecule has 1 saturated heterocycles. The number of benzene rings is 1. The summed E-state index contributed by atoms with van der Waals surface area (Å²) in [5, 5.41) is 6.18. The number of thiazole rings is 1. The summed E-state index contributed by atoms with van der Waals surface area (Å²) in [6.45, 7) is 3.15. The summed E-state index contributed by atoms with van der Waals surface area (Å²) in [6, 6.07) is 7.72. The summed E-state index contributed by atoms with van der Waals surface area (Å²) in [7, 11) is 1.84. The highest BCUT2D eigenvalue weighted by molar-refractivity contribution is 7.13. The number of hydrogen-bond acceptors (Lipinski definition) is 5. The molecule has 2 N–H and O–H groups in total. The maximum absolute atomic E-state index is 12.9. The van der Waals surface area contributed by atoms with Gasteiger partial charge in [-0.1, -0.05) is 24.3 Å². The first-order valence-electron chi connectivity index (χ1n) is 10.3. The molecule has 154 valence electrons. The van der Waals surface area contributed by atoms with Crippen LogP contribution < -0.4 is 10.6 Å². The Balaban J connectivity index is 1.35. The van der Waals surface area contributed by atoms with Gasteiger partial charge >= 0.3 is 0 Å². The molecule has 7 heteroatoms. The van der Waals surface area contributed by atoms with Crippen molar-refractivity contribution in [1.29, 1.82) is 0 Å². The summed E-state index contributed by atoms with van der Waals surface area (Å²) in [5.74, 6) is 0.457. The number of nitrogens with zero attached hydrogens (tertiary/aromatic N) is 2. The lowest BCUT2D eigenvalue weighted by Gasteiger charge is -2.28. The molecule has 4 rings (SSSR count). The van der Waals surface area contributed by atoms with Crippen LogP contribution >= 0.6 is 11.3 Å². The summed E-state index contributed by atoms with van der Waals surface area (Å²) in [5.41, 5.74) is 5.08. The first-order chi connectivity index (χ1) is 14.1. The summed E-state index contributed by atoms with van der Waals surface area (Å²) in [6.07, 6.45) is 3.81. The van der Waals surface area contributed by atoms with Gasteiger partial charge in [-0.3, -0.25) is 9.59 Å². The Labute approximate surface area is 175 Å². The molecule has 2 amide bonds. The van der Waals surface area contributed by atoms with Crippen LogP contribution in [0.1, 0.15) is 36.9 Å². The van der Waals surface area contributed by atoms with Crippen molar-refractivity contribution in [1.82, 2.24) is 20.5 Å². The van der Waals surface area contributed by atoms with Crippen molar-refractivity contribution in [2.45, 2.75) is 51.2 Å². The van der Waals surface area contributed by atoms with E-state index in [2.05, 4.69) is 27.8 Å². The number of likely N-dealkylation sites (tertiary alicyclic amines) is 1. The van der Waals surface area contributed by atoms with Crippen molar-refractivity contribution in [3.05, 3.63) is 41.0 Å². The first kappa shape index (κ1) is 20.0. The number of amides is 2. The second-order valence-corrected chi connectivity index (χ2v) is 8.83. The molecule has 2 unspecified atom stereocenters. The number of likely N-dealkylation sites (N-methyl/N-ethyl adjacent to an activating group) is 1. The van der Waals surface area contributed by atoms with Crippen LogP contribution in [-0.2, 0) is 16.1 Å². The largest absolute Gasteiger partial charge is 0.350 e. The van der Waals surface area contributed by atoms with Crippen molar-refractivity contribution >= 4 is 23.2 Å². The van der Waals surface area contributed by atoms with Gasteiger partial charge in [-0.2, -0.15) is 0 Å². The third kappa shape index (κ3) is 4.36. The zero-order valence-electron chi connectivity index (χ0n) is 17.0. The third-order valence-electron chi connectivity index (χ3n) is 5.94. The van der Waals surface area contributed by atoms with E-state index in [0.29, 0.717) is 19.0 Å². The molecule has 6 nitrogen and oxygen atoms in total. The number of aryl methyl sites for hydroxylation is 1. The van der Waals surface area contributed by atoms with Gasteiger partial charge in [-0.15, -0.1) is 11.3 Å². The average Bonchev–Trinajstić information content (AvgIpc) is 3.27. The molecular formula is C22H28N4O2S. The van der Waals surface area contributed by atoms with E-state index in [1.165, 1.54) is 4.88 Å². The van der Waals surface area contributed by atoms with E-state index in [1.807, 2.05) is 31.6 Å². The highest BCUT2D eigenvalue weighted by Gasteiger charge is 2.42.